The van der Waals surface area contributed by atoms with Crippen molar-refractivity contribution in [3.05, 3.63) is 51.4 Å². The molecule has 6 nitrogen and oxygen atoms in total. The van der Waals surface area contributed by atoms with E-state index < -0.39 is 20.0 Å². The predicted octanol–water partition coefficient (Wildman–Crippen LogP) is 3.31. The van der Waals surface area contributed by atoms with E-state index in [-0.39, 0.29) is 22.0 Å². The van der Waals surface area contributed by atoms with Crippen molar-refractivity contribution in [2.45, 2.75) is 16.7 Å². The Morgan fingerprint density at radius 2 is 1.58 bits per heavy atom. The zero-order valence-corrected chi connectivity index (χ0v) is 17.3. The number of halogens is 2. The first-order chi connectivity index (χ1) is 11.2. The zero-order valence-electron chi connectivity index (χ0n) is 12.5. The first-order valence-electron chi connectivity index (χ1n) is 6.74. The minimum atomic E-state index is -3.98. The number of anilines is 1. The molecule has 0 bridgehead atoms. The highest BCUT2D eigenvalue weighted by molar-refractivity contribution is 9.11. The van der Waals surface area contributed by atoms with Crippen LogP contribution >= 0.6 is 31.9 Å². The van der Waals surface area contributed by atoms with E-state index in [9.17, 15) is 16.8 Å². The summed E-state index contributed by atoms with van der Waals surface area (Å²) in [5.41, 5.74) is -0.0228. The first kappa shape index (κ1) is 19.4. The zero-order chi connectivity index (χ0) is 18.0. The fourth-order valence-corrected chi connectivity index (χ4v) is 5.79. The van der Waals surface area contributed by atoms with Crippen LogP contribution in [0.3, 0.4) is 0 Å². The molecule has 2 rings (SSSR count). The van der Waals surface area contributed by atoms with Crippen molar-refractivity contribution in [2.24, 2.45) is 0 Å². The summed E-state index contributed by atoms with van der Waals surface area (Å²) >= 11 is 6.41. The SMILES string of the molecule is CCNS(=O)(=O)c1ccccc1NS(=O)(=O)c1cc(Br)ccc1Br. The van der Waals surface area contributed by atoms with Crippen molar-refractivity contribution in [1.82, 2.24) is 4.72 Å². The number of hydrogen-bond donors (Lipinski definition) is 2. The maximum Gasteiger partial charge on any atom is 0.263 e. The summed E-state index contributed by atoms with van der Waals surface area (Å²) in [6.45, 7) is 1.84. The first-order valence-corrected chi connectivity index (χ1v) is 11.3. The average molecular weight is 498 g/mol. The Kier molecular flexibility index (Phi) is 6.08. The van der Waals surface area contributed by atoms with Crippen LogP contribution < -0.4 is 9.44 Å². The molecule has 0 saturated heterocycles. The number of nitrogens with one attached hydrogen (secondary N) is 2. The lowest BCUT2D eigenvalue weighted by atomic mass is 10.3. The monoisotopic (exact) mass is 496 g/mol. The van der Waals surface area contributed by atoms with Gasteiger partial charge in [-0.1, -0.05) is 35.0 Å². The standard InChI is InChI=1S/C14H14Br2N2O4S2/c1-2-17-23(19,20)13-6-4-3-5-12(13)18-24(21,22)14-9-10(15)7-8-11(14)16/h3-9,17-18H,2H2,1H3. The van der Waals surface area contributed by atoms with E-state index in [0.29, 0.717) is 8.95 Å². The molecule has 0 radical (unpaired) electrons. The topological polar surface area (TPSA) is 92.3 Å². The van der Waals surface area contributed by atoms with Crippen molar-refractivity contribution < 1.29 is 16.8 Å². The fraction of sp³-hybridized carbons (Fsp3) is 0.143. The van der Waals surface area contributed by atoms with E-state index in [1.807, 2.05) is 0 Å². The van der Waals surface area contributed by atoms with Gasteiger partial charge < -0.3 is 0 Å². The normalized spacial score (nSPS) is 12.1. The minimum absolute atomic E-state index is 0.00692. The van der Waals surface area contributed by atoms with E-state index >= 15 is 0 Å². The molecule has 0 fully saturated rings. The van der Waals surface area contributed by atoms with Crippen LogP contribution in [0, 0.1) is 0 Å². The van der Waals surface area contributed by atoms with E-state index in [1.54, 1.807) is 25.1 Å². The van der Waals surface area contributed by atoms with Gasteiger partial charge in [0.05, 0.1) is 5.69 Å². The number of rotatable bonds is 6. The maximum absolute atomic E-state index is 12.6. The van der Waals surface area contributed by atoms with Crippen molar-refractivity contribution in [1.29, 1.82) is 0 Å². The third kappa shape index (κ3) is 4.37. The summed E-state index contributed by atoms with van der Waals surface area (Å²) in [5.74, 6) is 0. The van der Waals surface area contributed by atoms with Gasteiger partial charge in [0.2, 0.25) is 10.0 Å². The molecule has 0 spiro atoms. The third-order valence-corrected chi connectivity index (χ3v) is 7.39. The van der Waals surface area contributed by atoms with Crippen molar-refractivity contribution in [3.63, 3.8) is 0 Å². The van der Waals surface area contributed by atoms with E-state index in [4.69, 9.17) is 0 Å². The van der Waals surface area contributed by atoms with Crippen LogP contribution in [0.2, 0.25) is 0 Å². The van der Waals surface area contributed by atoms with E-state index in [1.165, 1.54) is 24.3 Å². The third-order valence-electron chi connectivity index (χ3n) is 2.94. The quantitative estimate of drug-likeness (QED) is 0.640. The van der Waals surface area contributed by atoms with Crippen LogP contribution in [0.25, 0.3) is 0 Å². The summed E-state index contributed by atoms with van der Waals surface area (Å²) in [6.07, 6.45) is 0. The number of sulfonamides is 2. The van der Waals surface area contributed by atoms with Gasteiger partial charge in [-0.25, -0.2) is 21.6 Å². The predicted molar refractivity (Wildman–Crippen MR) is 100.0 cm³/mol. The molecule has 2 N–H and O–H groups in total. The van der Waals surface area contributed by atoms with Crippen molar-refractivity contribution in [2.75, 3.05) is 11.3 Å². The molecule has 2 aromatic carbocycles. The second kappa shape index (κ2) is 7.52. The Labute approximate surface area is 158 Å². The van der Waals surface area contributed by atoms with Crippen LogP contribution in [-0.4, -0.2) is 23.4 Å². The second-order valence-electron chi connectivity index (χ2n) is 4.68. The summed E-state index contributed by atoms with van der Waals surface area (Å²) in [5, 5.41) is 0. The molecule has 0 aliphatic heterocycles. The summed E-state index contributed by atoms with van der Waals surface area (Å²) < 4.78 is 55.4. The Bertz CT molecular complexity index is 960. The molecule has 0 aromatic heterocycles. The van der Waals surface area contributed by atoms with Gasteiger partial charge >= 0.3 is 0 Å². The highest BCUT2D eigenvalue weighted by Gasteiger charge is 2.23. The molecule has 2 aromatic rings. The van der Waals surface area contributed by atoms with Crippen molar-refractivity contribution in [3.8, 4) is 0 Å². The number of para-hydroxylation sites is 1. The molecule has 0 unspecified atom stereocenters. The maximum atomic E-state index is 12.6. The molecular formula is C14H14Br2N2O4S2. The van der Waals surface area contributed by atoms with E-state index in [2.05, 4.69) is 41.3 Å². The largest absolute Gasteiger partial charge is 0.278 e. The summed E-state index contributed by atoms with van der Waals surface area (Å²) in [7, 11) is -7.80. The molecule has 0 amide bonds. The van der Waals surface area contributed by atoms with Crippen LogP contribution in [-0.2, 0) is 20.0 Å². The molecule has 0 atom stereocenters. The van der Waals surface area contributed by atoms with E-state index in [0.717, 1.165) is 0 Å². The lowest BCUT2D eigenvalue weighted by Crippen LogP contribution is -2.25. The van der Waals surface area contributed by atoms with Gasteiger partial charge in [0.15, 0.2) is 0 Å². The van der Waals surface area contributed by atoms with Crippen LogP contribution in [0.15, 0.2) is 61.2 Å². The highest BCUT2D eigenvalue weighted by Crippen LogP contribution is 2.29. The molecule has 24 heavy (non-hydrogen) atoms. The van der Waals surface area contributed by atoms with Gasteiger partial charge in [-0.05, 0) is 46.3 Å². The molecule has 0 aliphatic rings. The van der Waals surface area contributed by atoms with Gasteiger partial charge in [0, 0.05) is 15.5 Å². The molecule has 0 aliphatic carbocycles. The Hall–Kier alpha value is -0.940. The van der Waals surface area contributed by atoms with Crippen molar-refractivity contribution >= 4 is 57.6 Å². The smallest absolute Gasteiger partial charge is 0.263 e. The van der Waals surface area contributed by atoms with Gasteiger partial charge in [0.25, 0.3) is 10.0 Å². The minimum Gasteiger partial charge on any atom is -0.278 e. The molecule has 10 heteroatoms. The molecule has 0 heterocycles. The Balaban J connectivity index is 2.50. The number of hydrogen-bond acceptors (Lipinski definition) is 4. The Morgan fingerprint density at radius 3 is 2.25 bits per heavy atom. The van der Waals surface area contributed by atoms with Crippen LogP contribution in [0.4, 0.5) is 5.69 Å². The van der Waals surface area contributed by atoms with Crippen LogP contribution in [0.5, 0.6) is 0 Å². The average Bonchev–Trinajstić information content (AvgIpc) is 2.49. The van der Waals surface area contributed by atoms with Gasteiger partial charge in [0.1, 0.15) is 9.79 Å². The van der Waals surface area contributed by atoms with Gasteiger partial charge in [-0.2, -0.15) is 0 Å². The van der Waals surface area contributed by atoms with Crippen LogP contribution in [0.1, 0.15) is 6.92 Å². The Morgan fingerprint density at radius 1 is 0.917 bits per heavy atom. The molecule has 130 valence electrons. The fourth-order valence-electron chi connectivity index (χ4n) is 1.94. The molecular weight excluding hydrogens is 484 g/mol. The van der Waals surface area contributed by atoms with Gasteiger partial charge in [-0.15, -0.1) is 0 Å². The molecule has 0 saturated carbocycles. The lowest BCUT2D eigenvalue weighted by molar-refractivity contribution is 0.584. The lowest BCUT2D eigenvalue weighted by Gasteiger charge is -2.14. The summed E-state index contributed by atoms with van der Waals surface area (Å²) in [6, 6.07) is 10.5. The highest BCUT2D eigenvalue weighted by atomic mass is 79.9. The van der Waals surface area contributed by atoms with Gasteiger partial charge in [-0.3, -0.25) is 4.72 Å². The second-order valence-corrected chi connectivity index (χ2v) is 9.83. The number of benzene rings is 2. The summed E-state index contributed by atoms with van der Waals surface area (Å²) in [4.78, 5) is -0.144.